The van der Waals surface area contributed by atoms with Gasteiger partial charge in [-0.2, -0.15) is 0 Å². The fourth-order valence-electron chi connectivity index (χ4n) is 2.69. The van der Waals surface area contributed by atoms with Gasteiger partial charge in [-0.25, -0.2) is 0 Å². The van der Waals surface area contributed by atoms with Gasteiger partial charge in [-0.1, -0.05) is 38.1 Å². The minimum atomic E-state index is 0.0824. The van der Waals surface area contributed by atoms with E-state index in [2.05, 4.69) is 31.2 Å². The molecular formula is C12H20N2OS. The minimum Gasteiger partial charge on any atom is -0.392 e. The zero-order valence-corrected chi connectivity index (χ0v) is 11.2. The average molecular weight is 240 g/mol. The highest BCUT2D eigenvalue weighted by atomic mass is 32.1. The molecule has 1 aliphatic heterocycles. The maximum Gasteiger partial charge on any atom is 0.137 e. The van der Waals surface area contributed by atoms with E-state index in [0.29, 0.717) is 12.0 Å². The van der Waals surface area contributed by atoms with Crippen LogP contribution in [-0.4, -0.2) is 22.8 Å². The van der Waals surface area contributed by atoms with Crippen LogP contribution in [0.5, 0.6) is 0 Å². The molecule has 0 spiro atoms. The molecule has 1 aliphatic carbocycles. The molecule has 0 unspecified atom stereocenters. The Morgan fingerprint density at radius 1 is 1.44 bits per heavy atom. The Kier molecular flexibility index (Phi) is 2.95. The maximum absolute atomic E-state index is 5.53. The summed E-state index contributed by atoms with van der Waals surface area (Å²) < 4.78 is 0. The lowest BCUT2D eigenvalue weighted by Crippen LogP contribution is -2.43. The van der Waals surface area contributed by atoms with Crippen LogP contribution >= 0.6 is 12.2 Å². The molecule has 1 heterocycles. The molecule has 0 aromatic rings. The lowest BCUT2D eigenvalue weighted by atomic mass is 9.79. The Labute approximate surface area is 103 Å². The summed E-state index contributed by atoms with van der Waals surface area (Å²) in [6.45, 7) is 8.51. The van der Waals surface area contributed by atoms with Gasteiger partial charge in [0.25, 0.3) is 0 Å². The fourth-order valence-corrected chi connectivity index (χ4v) is 2.84. The molecule has 3 nitrogen and oxygen atoms in total. The molecule has 0 saturated heterocycles. The maximum atomic E-state index is 5.53. The minimum absolute atomic E-state index is 0.0824. The molecule has 2 aliphatic rings. The molecule has 2 rings (SSSR count). The molecular weight excluding hydrogens is 220 g/mol. The van der Waals surface area contributed by atoms with Crippen LogP contribution in [0.2, 0.25) is 0 Å². The van der Waals surface area contributed by atoms with Gasteiger partial charge >= 0.3 is 0 Å². The van der Waals surface area contributed by atoms with Gasteiger partial charge in [-0.15, -0.1) is 0 Å². The first-order valence-corrected chi connectivity index (χ1v) is 6.31. The van der Waals surface area contributed by atoms with Gasteiger partial charge in [0.2, 0.25) is 0 Å². The molecule has 90 valence electrons. The fraction of sp³-hybridized carbons (Fsp3) is 0.833. The largest absolute Gasteiger partial charge is 0.392 e. The Hall–Kier alpha value is -0.640. The first-order chi connectivity index (χ1) is 7.39. The van der Waals surface area contributed by atoms with Crippen molar-refractivity contribution in [1.29, 1.82) is 0 Å². The molecule has 1 fully saturated rings. The van der Waals surface area contributed by atoms with E-state index in [1.807, 2.05) is 6.92 Å². The van der Waals surface area contributed by atoms with Crippen molar-refractivity contribution < 1.29 is 4.84 Å². The predicted octanol–water partition coefficient (Wildman–Crippen LogP) is 2.50. The van der Waals surface area contributed by atoms with Crippen molar-refractivity contribution >= 4 is 22.9 Å². The third-order valence-electron chi connectivity index (χ3n) is 3.36. The summed E-state index contributed by atoms with van der Waals surface area (Å²) in [6.07, 6.45) is 2.47. The van der Waals surface area contributed by atoms with Gasteiger partial charge in [0.1, 0.15) is 6.10 Å². The molecule has 16 heavy (non-hydrogen) atoms. The van der Waals surface area contributed by atoms with Crippen LogP contribution in [0.25, 0.3) is 0 Å². The second-order valence-corrected chi connectivity index (χ2v) is 6.39. The van der Waals surface area contributed by atoms with Crippen molar-refractivity contribution in [2.75, 3.05) is 0 Å². The molecule has 0 bridgehead atoms. The van der Waals surface area contributed by atoms with E-state index < -0.39 is 0 Å². The van der Waals surface area contributed by atoms with E-state index in [9.17, 15) is 0 Å². The van der Waals surface area contributed by atoms with E-state index in [4.69, 9.17) is 17.1 Å². The summed E-state index contributed by atoms with van der Waals surface area (Å²) in [4.78, 5) is 6.40. The highest BCUT2D eigenvalue weighted by Crippen LogP contribution is 2.39. The summed E-state index contributed by atoms with van der Waals surface area (Å²) in [6, 6.07) is 0.406. The van der Waals surface area contributed by atoms with Gasteiger partial charge in [0.05, 0.1) is 16.6 Å². The smallest absolute Gasteiger partial charge is 0.137 e. The molecule has 1 saturated carbocycles. The SMILES string of the molecule is CC(=S)N[C@H]1CC[C@@H]2ON=C(C(C)(C)C)[C@H]12. The molecule has 4 heteroatoms. The third kappa shape index (κ3) is 2.08. The predicted molar refractivity (Wildman–Crippen MR) is 69.7 cm³/mol. The summed E-state index contributed by atoms with van der Waals surface area (Å²) in [5.41, 5.74) is 1.27. The van der Waals surface area contributed by atoms with Crippen LogP contribution in [0.3, 0.4) is 0 Å². The van der Waals surface area contributed by atoms with Crippen LogP contribution in [0.15, 0.2) is 5.16 Å². The van der Waals surface area contributed by atoms with Crippen molar-refractivity contribution in [2.45, 2.75) is 52.7 Å². The first-order valence-electron chi connectivity index (χ1n) is 5.91. The summed E-state index contributed by atoms with van der Waals surface area (Å²) in [5.74, 6) is 0.401. The van der Waals surface area contributed by atoms with Gasteiger partial charge in [-0.3, -0.25) is 0 Å². The van der Waals surface area contributed by atoms with Crippen LogP contribution in [-0.2, 0) is 4.84 Å². The van der Waals surface area contributed by atoms with Crippen molar-refractivity contribution in [3.63, 3.8) is 0 Å². The van der Waals surface area contributed by atoms with Crippen LogP contribution in [0.4, 0.5) is 0 Å². The normalized spacial score (nSPS) is 33.0. The number of thiocarbonyl (C=S) groups is 1. The standard InChI is InChI=1S/C12H20N2OS/c1-7(16)13-8-5-6-9-10(8)11(14-15-9)12(2,3)4/h8-10H,5-6H2,1-4H3,(H,13,16)/t8-,9-,10+/m0/s1. The monoisotopic (exact) mass is 240 g/mol. The molecule has 1 N–H and O–H groups in total. The van der Waals surface area contributed by atoms with E-state index in [1.165, 1.54) is 5.71 Å². The number of hydrogen-bond donors (Lipinski definition) is 1. The van der Waals surface area contributed by atoms with Gasteiger partial charge in [0, 0.05) is 11.5 Å². The molecule has 0 amide bonds. The van der Waals surface area contributed by atoms with Crippen LogP contribution in [0, 0.1) is 11.3 Å². The highest BCUT2D eigenvalue weighted by molar-refractivity contribution is 7.80. The van der Waals surface area contributed by atoms with Crippen molar-refractivity contribution in [1.82, 2.24) is 5.32 Å². The zero-order chi connectivity index (χ0) is 11.9. The number of oxime groups is 1. The van der Waals surface area contributed by atoms with Crippen LogP contribution in [0.1, 0.15) is 40.5 Å². The van der Waals surface area contributed by atoms with Gasteiger partial charge in [0.15, 0.2) is 0 Å². The van der Waals surface area contributed by atoms with Crippen molar-refractivity contribution in [3.05, 3.63) is 0 Å². The second-order valence-electron chi connectivity index (χ2n) is 5.78. The Bertz CT molecular complexity index is 332. The molecule has 0 radical (unpaired) electrons. The van der Waals surface area contributed by atoms with Crippen molar-refractivity contribution in [2.24, 2.45) is 16.5 Å². The number of rotatable bonds is 1. The quantitative estimate of drug-likeness (QED) is 0.715. The summed E-state index contributed by atoms with van der Waals surface area (Å²) in [7, 11) is 0. The van der Waals surface area contributed by atoms with E-state index in [1.54, 1.807) is 0 Å². The lowest BCUT2D eigenvalue weighted by Gasteiger charge is -2.27. The zero-order valence-electron chi connectivity index (χ0n) is 10.4. The van der Waals surface area contributed by atoms with Gasteiger partial charge < -0.3 is 10.2 Å². The Balaban J connectivity index is 2.16. The number of hydrogen-bond acceptors (Lipinski definition) is 3. The Morgan fingerprint density at radius 3 is 2.69 bits per heavy atom. The lowest BCUT2D eigenvalue weighted by molar-refractivity contribution is 0.0730. The molecule has 0 aromatic carbocycles. The second kappa shape index (κ2) is 3.99. The van der Waals surface area contributed by atoms with E-state index in [0.717, 1.165) is 17.8 Å². The topological polar surface area (TPSA) is 33.6 Å². The molecule has 0 aromatic heterocycles. The third-order valence-corrected chi connectivity index (χ3v) is 3.47. The Morgan fingerprint density at radius 2 is 2.12 bits per heavy atom. The highest BCUT2D eigenvalue weighted by Gasteiger charge is 2.48. The number of nitrogens with one attached hydrogen (secondary N) is 1. The van der Waals surface area contributed by atoms with E-state index in [-0.39, 0.29) is 11.5 Å². The average Bonchev–Trinajstić information content (AvgIpc) is 2.65. The number of fused-ring (bicyclic) bond motifs is 1. The van der Waals surface area contributed by atoms with Crippen molar-refractivity contribution in [3.8, 4) is 0 Å². The summed E-state index contributed by atoms with van der Waals surface area (Å²) >= 11 is 5.13. The number of nitrogens with zero attached hydrogens (tertiary/aromatic N) is 1. The van der Waals surface area contributed by atoms with E-state index >= 15 is 0 Å². The summed E-state index contributed by atoms with van der Waals surface area (Å²) in [5, 5.41) is 7.67. The van der Waals surface area contributed by atoms with Crippen LogP contribution < -0.4 is 5.32 Å². The first kappa shape index (κ1) is 11.8. The van der Waals surface area contributed by atoms with Gasteiger partial charge in [-0.05, 0) is 19.8 Å². The molecule has 3 atom stereocenters.